The van der Waals surface area contributed by atoms with Gasteiger partial charge in [-0.25, -0.2) is 9.50 Å². The molecule has 1 fully saturated rings. The summed E-state index contributed by atoms with van der Waals surface area (Å²) < 4.78 is 1.82. The van der Waals surface area contributed by atoms with E-state index in [0.717, 1.165) is 28.2 Å². The number of fused-ring (bicyclic) bond motifs is 1. The predicted octanol–water partition coefficient (Wildman–Crippen LogP) is 3.36. The van der Waals surface area contributed by atoms with Crippen molar-refractivity contribution in [2.75, 3.05) is 18.0 Å². The van der Waals surface area contributed by atoms with Crippen molar-refractivity contribution in [3.8, 4) is 0 Å². The first kappa shape index (κ1) is 19.9. The lowest BCUT2D eigenvalue weighted by Gasteiger charge is -2.39. The van der Waals surface area contributed by atoms with E-state index in [1.54, 1.807) is 12.5 Å². The third kappa shape index (κ3) is 4.23. The quantitative estimate of drug-likeness (QED) is 0.514. The number of anilines is 1. The maximum atomic E-state index is 12.5. The van der Waals surface area contributed by atoms with Gasteiger partial charge in [-0.2, -0.15) is 5.10 Å². The van der Waals surface area contributed by atoms with Crippen molar-refractivity contribution in [2.45, 2.75) is 13.5 Å². The molecular formula is C25H24N6O. The fourth-order valence-electron chi connectivity index (χ4n) is 3.78. The summed E-state index contributed by atoms with van der Waals surface area (Å²) >= 11 is 0. The molecule has 32 heavy (non-hydrogen) atoms. The molecule has 0 aliphatic carbocycles. The molecule has 1 aliphatic heterocycles. The molecule has 0 spiro atoms. The second kappa shape index (κ2) is 8.63. The van der Waals surface area contributed by atoms with E-state index >= 15 is 0 Å². The minimum absolute atomic E-state index is 0.0334. The Hall–Kier alpha value is -4.00. The van der Waals surface area contributed by atoms with Crippen LogP contribution in [0.3, 0.4) is 0 Å². The summed E-state index contributed by atoms with van der Waals surface area (Å²) in [5, 5.41) is 7.38. The van der Waals surface area contributed by atoms with E-state index in [-0.39, 0.29) is 11.8 Å². The molecule has 0 unspecified atom stereocenters. The second-order valence-electron chi connectivity index (χ2n) is 8.08. The summed E-state index contributed by atoms with van der Waals surface area (Å²) in [6.45, 7) is 3.91. The SMILES string of the molecule is Cc1ccc(CNC(=O)C2CN(c3ncnn4cc(/C=C/c5ccccn5)cc34)C2)cc1. The molecule has 0 bridgehead atoms. The predicted molar refractivity (Wildman–Crippen MR) is 125 cm³/mol. The van der Waals surface area contributed by atoms with Gasteiger partial charge in [0.05, 0.1) is 11.6 Å². The Balaban J connectivity index is 1.23. The normalized spacial score (nSPS) is 14.1. The van der Waals surface area contributed by atoms with Gasteiger partial charge in [0.2, 0.25) is 5.91 Å². The average Bonchev–Trinajstić information content (AvgIpc) is 3.21. The van der Waals surface area contributed by atoms with Crippen LogP contribution in [-0.2, 0) is 11.3 Å². The highest BCUT2D eigenvalue weighted by atomic mass is 16.2. The standard InChI is InChI=1S/C25H24N6O/c1-18-5-7-19(8-6-18)13-27-25(32)21-15-30(16-21)24-23-12-20(14-31(23)29-17-28-24)9-10-22-4-2-3-11-26-22/h2-12,14,17,21H,13,15-16H2,1H3,(H,27,32)/b10-9+. The van der Waals surface area contributed by atoms with Gasteiger partial charge < -0.3 is 10.2 Å². The molecule has 4 heterocycles. The Kier molecular flexibility index (Phi) is 5.37. The number of benzene rings is 1. The number of aromatic nitrogens is 4. The van der Waals surface area contributed by atoms with E-state index in [0.29, 0.717) is 19.6 Å². The molecule has 0 radical (unpaired) electrons. The van der Waals surface area contributed by atoms with Gasteiger partial charge in [0.15, 0.2) is 5.82 Å². The minimum atomic E-state index is -0.0334. The summed E-state index contributed by atoms with van der Waals surface area (Å²) in [6, 6.07) is 16.1. The summed E-state index contributed by atoms with van der Waals surface area (Å²) in [6.07, 6.45) is 9.28. The van der Waals surface area contributed by atoms with Crippen LogP contribution in [0.25, 0.3) is 17.7 Å². The molecule has 1 aromatic carbocycles. The van der Waals surface area contributed by atoms with Gasteiger partial charge in [-0.3, -0.25) is 9.78 Å². The Morgan fingerprint density at radius 2 is 1.97 bits per heavy atom. The van der Waals surface area contributed by atoms with E-state index in [1.807, 2.05) is 53.2 Å². The van der Waals surface area contributed by atoms with Crippen LogP contribution in [-0.4, -0.2) is 38.6 Å². The van der Waals surface area contributed by atoms with Gasteiger partial charge in [-0.1, -0.05) is 42.0 Å². The van der Waals surface area contributed by atoms with Crippen molar-refractivity contribution >= 4 is 29.4 Å². The largest absolute Gasteiger partial charge is 0.353 e. The van der Waals surface area contributed by atoms with Crippen molar-refractivity contribution in [1.29, 1.82) is 0 Å². The van der Waals surface area contributed by atoms with Crippen molar-refractivity contribution < 1.29 is 4.79 Å². The lowest BCUT2D eigenvalue weighted by molar-refractivity contribution is -0.125. The topological polar surface area (TPSA) is 75.4 Å². The lowest BCUT2D eigenvalue weighted by atomic mass is 9.99. The molecule has 1 amide bonds. The summed E-state index contributed by atoms with van der Waals surface area (Å²) in [5.41, 5.74) is 5.16. The number of amides is 1. The Labute approximate surface area is 186 Å². The summed E-state index contributed by atoms with van der Waals surface area (Å²) in [4.78, 5) is 23.5. The molecule has 5 rings (SSSR count). The van der Waals surface area contributed by atoms with Crippen LogP contribution in [0, 0.1) is 12.8 Å². The van der Waals surface area contributed by atoms with Crippen LogP contribution in [0.5, 0.6) is 0 Å². The number of rotatable bonds is 6. The van der Waals surface area contributed by atoms with Gasteiger partial charge in [0.1, 0.15) is 11.8 Å². The van der Waals surface area contributed by atoms with E-state index in [2.05, 4.69) is 50.4 Å². The smallest absolute Gasteiger partial charge is 0.226 e. The van der Waals surface area contributed by atoms with Crippen LogP contribution in [0.1, 0.15) is 22.4 Å². The number of nitrogens with one attached hydrogen (secondary N) is 1. The van der Waals surface area contributed by atoms with E-state index in [9.17, 15) is 4.79 Å². The third-order valence-electron chi connectivity index (χ3n) is 5.68. The molecule has 1 saturated heterocycles. The van der Waals surface area contributed by atoms with Crippen LogP contribution < -0.4 is 10.2 Å². The first-order valence-electron chi connectivity index (χ1n) is 10.7. The molecule has 7 nitrogen and oxygen atoms in total. The number of carbonyl (C=O) groups excluding carboxylic acids is 1. The minimum Gasteiger partial charge on any atom is -0.353 e. The Morgan fingerprint density at radius 1 is 1.12 bits per heavy atom. The highest BCUT2D eigenvalue weighted by Crippen LogP contribution is 2.28. The summed E-state index contributed by atoms with van der Waals surface area (Å²) in [7, 11) is 0. The zero-order valence-corrected chi connectivity index (χ0v) is 17.8. The van der Waals surface area contributed by atoms with Crippen molar-refractivity contribution in [2.24, 2.45) is 5.92 Å². The van der Waals surface area contributed by atoms with Crippen LogP contribution in [0.2, 0.25) is 0 Å². The van der Waals surface area contributed by atoms with Gasteiger partial charge in [0, 0.05) is 32.0 Å². The zero-order chi connectivity index (χ0) is 21.9. The van der Waals surface area contributed by atoms with Gasteiger partial charge in [0.25, 0.3) is 0 Å². The number of hydrogen-bond acceptors (Lipinski definition) is 5. The maximum Gasteiger partial charge on any atom is 0.226 e. The molecule has 7 heteroatoms. The molecule has 3 aromatic heterocycles. The van der Waals surface area contributed by atoms with Crippen molar-refractivity contribution in [3.05, 3.63) is 89.6 Å². The monoisotopic (exact) mass is 424 g/mol. The second-order valence-corrected chi connectivity index (χ2v) is 8.08. The molecule has 1 N–H and O–H groups in total. The number of aryl methyl sites for hydroxylation is 1. The zero-order valence-electron chi connectivity index (χ0n) is 17.8. The fourth-order valence-corrected chi connectivity index (χ4v) is 3.78. The van der Waals surface area contributed by atoms with E-state index in [1.165, 1.54) is 5.56 Å². The Morgan fingerprint density at radius 3 is 2.75 bits per heavy atom. The molecule has 160 valence electrons. The van der Waals surface area contributed by atoms with Gasteiger partial charge >= 0.3 is 0 Å². The molecule has 4 aromatic rings. The van der Waals surface area contributed by atoms with Crippen LogP contribution in [0.15, 0.2) is 67.3 Å². The van der Waals surface area contributed by atoms with Crippen molar-refractivity contribution in [1.82, 2.24) is 24.9 Å². The van der Waals surface area contributed by atoms with Crippen LogP contribution >= 0.6 is 0 Å². The molecule has 1 aliphatic rings. The van der Waals surface area contributed by atoms with E-state index in [4.69, 9.17) is 0 Å². The molecule has 0 saturated carbocycles. The highest BCUT2D eigenvalue weighted by Gasteiger charge is 2.34. The molecular weight excluding hydrogens is 400 g/mol. The van der Waals surface area contributed by atoms with Gasteiger partial charge in [-0.15, -0.1) is 0 Å². The lowest BCUT2D eigenvalue weighted by Crippen LogP contribution is -2.54. The third-order valence-corrected chi connectivity index (χ3v) is 5.68. The highest BCUT2D eigenvalue weighted by molar-refractivity contribution is 5.83. The maximum absolute atomic E-state index is 12.5. The van der Waals surface area contributed by atoms with Crippen molar-refractivity contribution in [3.63, 3.8) is 0 Å². The number of pyridine rings is 1. The Bertz CT molecular complexity index is 1260. The van der Waals surface area contributed by atoms with E-state index < -0.39 is 0 Å². The van der Waals surface area contributed by atoms with Gasteiger partial charge in [-0.05, 0) is 42.3 Å². The van der Waals surface area contributed by atoms with Crippen LogP contribution in [0.4, 0.5) is 5.82 Å². The average molecular weight is 425 g/mol. The first-order chi connectivity index (χ1) is 15.7. The molecule has 0 atom stereocenters. The summed E-state index contributed by atoms with van der Waals surface area (Å²) in [5.74, 6) is 0.898. The number of hydrogen-bond donors (Lipinski definition) is 1. The number of nitrogens with zero attached hydrogens (tertiary/aromatic N) is 5. The first-order valence-corrected chi connectivity index (χ1v) is 10.7. The fraction of sp³-hybridized carbons (Fsp3) is 0.200. The number of carbonyl (C=O) groups is 1.